The number of hydrogen-bond acceptors (Lipinski definition) is 4. The van der Waals surface area contributed by atoms with Crippen molar-refractivity contribution in [3.05, 3.63) is 11.6 Å². The van der Waals surface area contributed by atoms with Crippen molar-refractivity contribution in [1.82, 2.24) is 0 Å². The molecule has 25 heavy (non-hydrogen) atoms. The summed E-state index contributed by atoms with van der Waals surface area (Å²) >= 11 is 0. The lowest BCUT2D eigenvalue weighted by atomic mass is 9.43. The van der Waals surface area contributed by atoms with Crippen LogP contribution < -0.4 is 0 Å². The van der Waals surface area contributed by atoms with E-state index in [9.17, 15) is 14.7 Å². The molecular formula is C21H32O4. The largest absolute Gasteiger partial charge is 0.469 e. The van der Waals surface area contributed by atoms with Gasteiger partial charge in [0, 0.05) is 12.3 Å². The number of allylic oxidation sites excluding steroid dienone is 1. The number of carbonyl (C=O) groups is 2. The van der Waals surface area contributed by atoms with E-state index in [4.69, 9.17) is 4.74 Å². The smallest absolute Gasteiger partial charge is 0.311 e. The van der Waals surface area contributed by atoms with Gasteiger partial charge in [-0.25, -0.2) is 0 Å². The van der Waals surface area contributed by atoms with Gasteiger partial charge >= 0.3 is 5.97 Å². The number of fused-ring (bicyclic) bond motifs is 3. The second-order valence-corrected chi connectivity index (χ2v) is 9.24. The highest BCUT2D eigenvalue weighted by Gasteiger charge is 2.65. The van der Waals surface area contributed by atoms with Crippen LogP contribution in [0.15, 0.2) is 11.6 Å². The molecular weight excluding hydrogens is 316 g/mol. The second-order valence-electron chi connectivity index (χ2n) is 9.24. The number of ether oxygens (including phenoxy) is 1. The van der Waals surface area contributed by atoms with Crippen LogP contribution in [0.5, 0.6) is 0 Å². The van der Waals surface area contributed by atoms with Gasteiger partial charge in [-0.3, -0.25) is 9.59 Å². The normalized spacial score (nSPS) is 44.0. The molecule has 4 nitrogen and oxygen atoms in total. The fourth-order valence-electron chi connectivity index (χ4n) is 6.16. The van der Waals surface area contributed by atoms with Crippen molar-refractivity contribution in [2.24, 2.45) is 28.6 Å². The molecule has 0 radical (unpaired) electrons. The van der Waals surface area contributed by atoms with Gasteiger partial charge in [0.25, 0.3) is 0 Å². The highest BCUT2D eigenvalue weighted by molar-refractivity contribution is 5.92. The molecule has 3 rings (SSSR count). The van der Waals surface area contributed by atoms with Crippen molar-refractivity contribution in [2.75, 3.05) is 7.11 Å². The molecule has 0 aromatic heterocycles. The van der Waals surface area contributed by atoms with Gasteiger partial charge in [-0.1, -0.05) is 32.8 Å². The van der Waals surface area contributed by atoms with E-state index in [-0.39, 0.29) is 35.4 Å². The predicted molar refractivity (Wildman–Crippen MR) is 95.8 cm³/mol. The number of esters is 1. The summed E-state index contributed by atoms with van der Waals surface area (Å²) in [5.74, 6) is -0.160. The van der Waals surface area contributed by atoms with Crippen LogP contribution >= 0.6 is 0 Å². The SMILES string of the molecule is COC(=O)[C@]1(C)CCC[C@]2(C)[C@H]3CCC(C(C)C)=C[C@@]3(O)C(=O)C[C@H]21. The highest BCUT2D eigenvalue weighted by Crippen LogP contribution is 2.63. The molecule has 3 aliphatic carbocycles. The van der Waals surface area contributed by atoms with Crippen LogP contribution in [-0.4, -0.2) is 29.6 Å². The Labute approximate surface area is 151 Å². The first kappa shape index (κ1) is 18.6. The third kappa shape index (κ3) is 2.51. The van der Waals surface area contributed by atoms with Gasteiger partial charge in [-0.05, 0) is 55.9 Å². The molecule has 140 valence electrons. The molecule has 0 unspecified atom stereocenters. The highest BCUT2D eigenvalue weighted by atomic mass is 16.5. The van der Waals surface area contributed by atoms with Gasteiger partial charge in [0.1, 0.15) is 5.60 Å². The summed E-state index contributed by atoms with van der Waals surface area (Å²) in [6.07, 6.45) is 6.50. The van der Waals surface area contributed by atoms with Crippen molar-refractivity contribution in [2.45, 2.75) is 71.8 Å². The lowest BCUT2D eigenvalue weighted by Crippen LogP contribution is -2.64. The lowest BCUT2D eigenvalue weighted by molar-refractivity contribution is -0.191. The van der Waals surface area contributed by atoms with Crippen molar-refractivity contribution in [3.8, 4) is 0 Å². The minimum atomic E-state index is -1.36. The Morgan fingerprint density at radius 1 is 1.28 bits per heavy atom. The summed E-state index contributed by atoms with van der Waals surface area (Å²) in [5, 5.41) is 11.4. The van der Waals surface area contributed by atoms with Gasteiger partial charge in [-0.15, -0.1) is 0 Å². The lowest BCUT2D eigenvalue weighted by Gasteiger charge is -2.61. The fourth-order valence-corrected chi connectivity index (χ4v) is 6.16. The Morgan fingerprint density at radius 2 is 1.96 bits per heavy atom. The van der Waals surface area contributed by atoms with E-state index in [2.05, 4.69) is 20.8 Å². The van der Waals surface area contributed by atoms with Crippen LogP contribution in [0, 0.1) is 28.6 Å². The second kappa shape index (κ2) is 5.94. The van der Waals surface area contributed by atoms with Gasteiger partial charge in [0.05, 0.1) is 12.5 Å². The summed E-state index contributed by atoms with van der Waals surface area (Å²) in [6, 6.07) is 0. The molecule has 0 aliphatic heterocycles. The number of carbonyl (C=O) groups excluding carboxylic acids is 2. The molecule has 0 spiro atoms. The topological polar surface area (TPSA) is 63.6 Å². The van der Waals surface area contributed by atoms with Gasteiger partial charge in [-0.2, -0.15) is 0 Å². The van der Waals surface area contributed by atoms with Crippen LogP contribution in [0.4, 0.5) is 0 Å². The molecule has 0 heterocycles. The zero-order valence-corrected chi connectivity index (χ0v) is 16.2. The summed E-state index contributed by atoms with van der Waals surface area (Å²) in [7, 11) is 1.43. The van der Waals surface area contributed by atoms with E-state index in [1.54, 1.807) is 0 Å². The molecule has 0 saturated heterocycles. The van der Waals surface area contributed by atoms with Crippen molar-refractivity contribution < 1.29 is 19.4 Å². The quantitative estimate of drug-likeness (QED) is 0.611. The zero-order chi connectivity index (χ0) is 18.6. The molecule has 3 aliphatic rings. The van der Waals surface area contributed by atoms with Crippen molar-refractivity contribution in [1.29, 1.82) is 0 Å². The maximum Gasteiger partial charge on any atom is 0.311 e. The number of Topliss-reactive ketones (excluding diaryl/α,β-unsaturated/α-hetero) is 1. The average Bonchev–Trinajstić information content (AvgIpc) is 2.56. The number of hydrogen-bond donors (Lipinski definition) is 1. The predicted octanol–water partition coefficient (Wildman–Crippen LogP) is 3.67. The van der Waals surface area contributed by atoms with E-state index in [1.807, 2.05) is 13.0 Å². The van der Waals surface area contributed by atoms with Crippen molar-refractivity contribution in [3.63, 3.8) is 0 Å². The Bertz CT molecular complexity index is 621. The Hall–Kier alpha value is -1.16. The monoisotopic (exact) mass is 348 g/mol. The maximum absolute atomic E-state index is 13.1. The minimum Gasteiger partial charge on any atom is -0.469 e. The van der Waals surface area contributed by atoms with Gasteiger partial charge in [0.2, 0.25) is 0 Å². The number of ketones is 1. The summed E-state index contributed by atoms with van der Waals surface area (Å²) in [6.45, 7) is 8.37. The van der Waals surface area contributed by atoms with E-state index >= 15 is 0 Å². The maximum atomic E-state index is 13.1. The average molecular weight is 348 g/mol. The van der Waals surface area contributed by atoms with E-state index in [0.717, 1.165) is 32.1 Å². The molecule has 0 aromatic carbocycles. The van der Waals surface area contributed by atoms with Crippen LogP contribution in [0.3, 0.4) is 0 Å². The molecule has 0 bridgehead atoms. The van der Waals surface area contributed by atoms with E-state index in [1.165, 1.54) is 12.7 Å². The summed E-state index contributed by atoms with van der Waals surface area (Å²) in [4.78, 5) is 25.6. The first-order valence-electron chi connectivity index (χ1n) is 9.65. The van der Waals surface area contributed by atoms with Crippen LogP contribution in [-0.2, 0) is 14.3 Å². The molecule has 2 fully saturated rings. The Balaban J connectivity index is 2.06. The van der Waals surface area contributed by atoms with Crippen LogP contribution in [0.2, 0.25) is 0 Å². The molecule has 0 amide bonds. The number of methoxy groups -OCH3 is 1. The van der Waals surface area contributed by atoms with E-state index in [0.29, 0.717) is 5.92 Å². The van der Waals surface area contributed by atoms with Crippen molar-refractivity contribution >= 4 is 11.8 Å². The third-order valence-electron chi connectivity index (χ3n) is 7.66. The Kier molecular flexibility index (Phi) is 4.42. The minimum absolute atomic E-state index is 0.0621. The first-order valence-corrected chi connectivity index (χ1v) is 9.65. The first-order chi connectivity index (χ1) is 11.6. The molecule has 2 saturated carbocycles. The van der Waals surface area contributed by atoms with Crippen LogP contribution in [0.25, 0.3) is 0 Å². The number of rotatable bonds is 2. The van der Waals surface area contributed by atoms with Crippen LogP contribution in [0.1, 0.15) is 66.2 Å². The molecule has 1 N–H and O–H groups in total. The van der Waals surface area contributed by atoms with E-state index < -0.39 is 11.0 Å². The van der Waals surface area contributed by atoms with Gasteiger partial charge < -0.3 is 9.84 Å². The van der Waals surface area contributed by atoms with Gasteiger partial charge in [0.15, 0.2) is 5.78 Å². The third-order valence-corrected chi connectivity index (χ3v) is 7.66. The summed E-state index contributed by atoms with van der Waals surface area (Å²) in [5.41, 5.74) is -1.04. The molecule has 4 heteroatoms. The standard InChI is InChI=1S/C21H32O4/c1-13(2)14-7-8-15-19(3)9-6-10-20(4,18(23)25-5)16(19)11-17(22)21(15,24)12-14/h12-13,15-16,24H,6-11H2,1-5H3/t15-,16-,19-,20-,21+/m1/s1. The molecule has 5 atom stereocenters. The molecule has 0 aromatic rings. The number of aliphatic hydroxyl groups is 1. The zero-order valence-electron chi connectivity index (χ0n) is 16.2. The fraction of sp³-hybridized carbons (Fsp3) is 0.810. The Morgan fingerprint density at radius 3 is 2.56 bits per heavy atom. The summed E-state index contributed by atoms with van der Waals surface area (Å²) < 4.78 is 5.11.